The Morgan fingerprint density at radius 2 is 1.43 bits per heavy atom. The van der Waals surface area contributed by atoms with E-state index in [1.165, 1.54) is 12.1 Å². The molecule has 0 aliphatic carbocycles. The van der Waals surface area contributed by atoms with E-state index in [0.717, 1.165) is 5.69 Å². The van der Waals surface area contributed by atoms with Gasteiger partial charge in [0.05, 0.1) is 22.2 Å². The molecule has 0 bridgehead atoms. The molecule has 4 aromatic rings. The topological polar surface area (TPSA) is 89.6 Å². The number of benzene rings is 3. The van der Waals surface area contributed by atoms with Crippen LogP contribution in [0.2, 0.25) is 0 Å². The van der Waals surface area contributed by atoms with Crippen LogP contribution >= 0.6 is 23.2 Å². The van der Waals surface area contributed by atoms with Gasteiger partial charge in [-0.05, 0) is 35.9 Å². The van der Waals surface area contributed by atoms with Crippen LogP contribution in [0.25, 0.3) is 10.8 Å². The number of H-pyrrole nitrogens is 1. The number of nitrogens with zero attached hydrogens (tertiary/aromatic N) is 4. The first-order valence-corrected chi connectivity index (χ1v) is 14.8. The van der Waals surface area contributed by atoms with Gasteiger partial charge in [0.2, 0.25) is 0 Å². The van der Waals surface area contributed by atoms with Crippen molar-refractivity contribution in [1.29, 1.82) is 0 Å². The predicted molar refractivity (Wildman–Crippen MR) is 163 cm³/mol. The zero-order chi connectivity index (χ0) is 29.6. The van der Waals surface area contributed by atoms with Crippen molar-refractivity contribution in [2.75, 3.05) is 55.9 Å². The molecule has 0 saturated carbocycles. The van der Waals surface area contributed by atoms with Crippen LogP contribution in [0.1, 0.15) is 32.0 Å². The number of fused-ring (bicyclic) bond motifs is 1. The van der Waals surface area contributed by atoms with Gasteiger partial charge in [0.25, 0.3) is 17.4 Å². The van der Waals surface area contributed by atoms with Crippen molar-refractivity contribution in [1.82, 2.24) is 20.0 Å². The molecule has 2 heterocycles. The van der Waals surface area contributed by atoms with E-state index in [-0.39, 0.29) is 30.1 Å². The minimum Gasteiger partial charge on any atom is -0.368 e. The fourth-order valence-corrected chi connectivity index (χ4v) is 5.69. The first-order chi connectivity index (χ1) is 20.4. The summed E-state index contributed by atoms with van der Waals surface area (Å²) in [5.41, 5.74) is 2.31. The van der Waals surface area contributed by atoms with Crippen molar-refractivity contribution >= 4 is 51.5 Å². The number of aromatic amines is 1. The van der Waals surface area contributed by atoms with Gasteiger partial charge < -0.3 is 14.7 Å². The minimum absolute atomic E-state index is 0.0378. The van der Waals surface area contributed by atoms with E-state index >= 15 is 0 Å². The number of alkyl halides is 2. The maximum absolute atomic E-state index is 14.9. The Hall–Kier alpha value is -3.95. The summed E-state index contributed by atoms with van der Waals surface area (Å²) >= 11 is 12.0. The van der Waals surface area contributed by atoms with Crippen molar-refractivity contribution in [2.24, 2.45) is 0 Å². The van der Waals surface area contributed by atoms with Crippen LogP contribution in [0.15, 0.2) is 71.5 Å². The lowest BCUT2D eigenvalue weighted by atomic mass is 10.0. The average molecular weight is 611 g/mol. The second-order valence-corrected chi connectivity index (χ2v) is 10.8. The molecule has 1 aromatic heterocycles. The molecule has 1 N–H and O–H groups in total. The molecule has 5 rings (SSSR count). The number of piperazine rings is 1. The fourth-order valence-electron chi connectivity index (χ4n) is 5.29. The molecule has 0 spiro atoms. The molecule has 2 amide bonds. The highest BCUT2D eigenvalue weighted by molar-refractivity contribution is 6.18. The maximum Gasteiger partial charge on any atom is 0.272 e. The van der Waals surface area contributed by atoms with Gasteiger partial charge in [-0.25, -0.2) is 9.49 Å². The minimum atomic E-state index is -0.617. The number of para-hydroxylation sites is 1. The summed E-state index contributed by atoms with van der Waals surface area (Å²) in [4.78, 5) is 44.3. The summed E-state index contributed by atoms with van der Waals surface area (Å²) < 4.78 is 14.9. The number of carbonyl (C=O) groups is 2. The zero-order valence-electron chi connectivity index (χ0n) is 22.9. The van der Waals surface area contributed by atoms with E-state index in [0.29, 0.717) is 72.0 Å². The van der Waals surface area contributed by atoms with Gasteiger partial charge in [0.1, 0.15) is 5.82 Å². The van der Waals surface area contributed by atoms with E-state index in [1.54, 1.807) is 34.1 Å². The van der Waals surface area contributed by atoms with Gasteiger partial charge in [-0.15, -0.1) is 23.2 Å². The van der Waals surface area contributed by atoms with Gasteiger partial charge in [0.15, 0.2) is 0 Å². The van der Waals surface area contributed by atoms with Crippen LogP contribution in [-0.4, -0.2) is 82.8 Å². The number of anilines is 1. The Kier molecular flexibility index (Phi) is 9.39. The van der Waals surface area contributed by atoms with Gasteiger partial charge in [-0.1, -0.05) is 36.4 Å². The van der Waals surface area contributed by atoms with Crippen LogP contribution in [0.5, 0.6) is 0 Å². The van der Waals surface area contributed by atoms with Crippen molar-refractivity contribution in [2.45, 2.75) is 6.42 Å². The zero-order valence-corrected chi connectivity index (χ0v) is 24.4. The Labute approximate surface area is 252 Å². The molecule has 1 fully saturated rings. The van der Waals surface area contributed by atoms with Gasteiger partial charge in [-0.3, -0.25) is 14.4 Å². The third-order valence-electron chi connectivity index (χ3n) is 7.45. The quantitative estimate of drug-likeness (QED) is 0.282. The lowest BCUT2D eigenvalue weighted by molar-refractivity contribution is 0.0533. The molecule has 1 aliphatic rings. The Balaban J connectivity index is 1.29. The number of amides is 2. The van der Waals surface area contributed by atoms with Crippen molar-refractivity contribution < 1.29 is 14.0 Å². The van der Waals surface area contributed by atoms with Crippen LogP contribution in [0, 0.1) is 5.82 Å². The van der Waals surface area contributed by atoms with Gasteiger partial charge in [0, 0.05) is 68.5 Å². The molecule has 3 aromatic carbocycles. The number of aromatic nitrogens is 2. The first-order valence-electron chi connectivity index (χ1n) is 13.7. The smallest absolute Gasteiger partial charge is 0.272 e. The third kappa shape index (κ3) is 6.27. The molecule has 218 valence electrons. The predicted octanol–water partition coefficient (Wildman–Crippen LogP) is 4.54. The standard InChI is InChI=1S/C31H30Cl2FN5O3/c32-11-13-37(14-12-33)28-8-4-3-7-24(28)30(41)38-15-17-39(18-16-38)31(42)25-19-21(9-10-26(25)34)20-27-22-5-1-2-6-23(22)29(40)36-35-27/h1-10,19H,11-18,20H2,(H,36,40). The lowest BCUT2D eigenvalue weighted by Crippen LogP contribution is -2.51. The lowest BCUT2D eigenvalue weighted by Gasteiger charge is -2.36. The molecular weight excluding hydrogens is 580 g/mol. The highest BCUT2D eigenvalue weighted by Crippen LogP contribution is 2.24. The Morgan fingerprint density at radius 1 is 0.833 bits per heavy atom. The van der Waals surface area contributed by atoms with Crippen LogP contribution in [0.3, 0.4) is 0 Å². The van der Waals surface area contributed by atoms with Crippen LogP contribution < -0.4 is 10.5 Å². The summed E-state index contributed by atoms with van der Waals surface area (Å²) in [6, 6.07) is 18.9. The molecule has 0 radical (unpaired) electrons. The van der Waals surface area contributed by atoms with Crippen LogP contribution in [-0.2, 0) is 6.42 Å². The van der Waals surface area contributed by atoms with Gasteiger partial charge >= 0.3 is 0 Å². The van der Waals surface area contributed by atoms with E-state index in [2.05, 4.69) is 10.2 Å². The summed E-state index contributed by atoms with van der Waals surface area (Å²) in [7, 11) is 0. The van der Waals surface area contributed by atoms with E-state index in [1.807, 2.05) is 35.2 Å². The fraction of sp³-hybridized carbons (Fsp3) is 0.290. The maximum atomic E-state index is 14.9. The highest BCUT2D eigenvalue weighted by atomic mass is 35.5. The van der Waals surface area contributed by atoms with E-state index in [9.17, 15) is 18.8 Å². The summed E-state index contributed by atoms with van der Waals surface area (Å²) in [5, 5.41) is 7.92. The summed E-state index contributed by atoms with van der Waals surface area (Å²) in [6.07, 6.45) is 0.310. The van der Waals surface area contributed by atoms with Gasteiger partial charge in [-0.2, -0.15) is 5.10 Å². The number of hydrogen-bond acceptors (Lipinski definition) is 5. The molecule has 0 atom stereocenters. The molecule has 11 heteroatoms. The molecule has 1 saturated heterocycles. The van der Waals surface area contributed by atoms with Crippen molar-refractivity contribution in [3.63, 3.8) is 0 Å². The van der Waals surface area contributed by atoms with Crippen molar-refractivity contribution in [3.05, 3.63) is 105 Å². The number of rotatable bonds is 9. The largest absolute Gasteiger partial charge is 0.368 e. The second-order valence-electron chi connectivity index (χ2n) is 10.0. The summed E-state index contributed by atoms with van der Waals surface area (Å²) in [5.74, 6) is -0.391. The molecule has 0 unspecified atom stereocenters. The number of hydrogen-bond donors (Lipinski definition) is 1. The molecule has 42 heavy (non-hydrogen) atoms. The average Bonchev–Trinajstić information content (AvgIpc) is 3.03. The molecule has 8 nitrogen and oxygen atoms in total. The van der Waals surface area contributed by atoms with Crippen LogP contribution in [0.4, 0.5) is 10.1 Å². The number of halogens is 3. The second kappa shape index (κ2) is 13.4. The van der Waals surface area contributed by atoms with E-state index in [4.69, 9.17) is 23.2 Å². The normalized spacial score (nSPS) is 13.4. The summed E-state index contributed by atoms with van der Waals surface area (Å²) in [6.45, 7) is 2.29. The molecular formula is C31H30Cl2FN5O3. The molecule has 1 aliphatic heterocycles. The Morgan fingerprint density at radius 3 is 2.10 bits per heavy atom. The Bertz CT molecular complexity index is 1650. The number of carbonyl (C=O) groups excluding carboxylic acids is 2. The first kappa shape index (κ1) is 29.5. The monoisotopic (exact) mass is 609 g/mol. The van der Waals surface area contributed by atoms with E-state index < -0.39 is 11.7 Å². The SMILES string of the molecule is O=C(c1cc(Cc2n[nH]c(=O)c3ccccc23)ccc1F)N1CCN(C(=O)c2ccccc2N(CCCl)CCCl)CC1. The third-order valence-corrected chi connectivity index (χ3v) is 7.78. The van der Waals surface area contributed by atoms with Crippen molar-refractivity contribution in [3.8, 4) is 0 Å². The number of nitrogens with one attached hydrogen (secondary N) is 1. The highest BCUT2D eigenvalue weighted by Gasteiger charge is 2.28.